The summed E-state index contributed by atoms with van der Waals surface area (Å²) >= 11 is 0. The summed E-state index contributed by atoms with van der Waals surface area (Å²) in [6.07, 6.45) is 3.45. The van der Waals surface area contributed by atoms with Gasteiger partial charge in [0.2, 0.25) is 0 Å². The molecule has 6 nitrogen and oxygen atoms in total. The summed E-state index contributed by atoms with van der Waals surface area (Å²) in [5.41, 5.74) is 3.96. The lowest BCUT2D eigenvalue weighted by molar-refractivity contribution is 0.241. The van der Waals surface area contributed by atoms with E-state index in [1.54, 1.807) is 36.3 Å². The summed E-state index contributed by atoms with van der Waals surface area (Å²) in [4.78, 5) is 2.15. The molecule has 0 aliphatic carbocycles. The van der Waals surface area contributed by atoms with Crippen molar-refractivity contribution < 1.29 is 13.7 Å². The van der Waals surface area contributed by atoms with Gasteiger partial charge in [0.1, 0.15) is 29.2 Å². The van der Waals surface area contributed by atoms with Crippen LogP contribution in [-0.2, 0) is 6.54 Å². The molecule has 0 spiro atoms. The minimum Gasteiger partial charge on any atom is -0.497 e. The molecule has 0 aliphatic heterocycles. The second-order valence-corrected chi connectivity index (χ2v) is 7.14. The molecule has 0 fully saturated rings. The van der Waals surface area contributed by atoms with Gasteiger partial charge >= 0.3 is 0 Å². The summed E-state index contributed by atoms with van der Waals surface area (Å²) in [7, 11) is 3.64. The number of nitrogens with zero attached hydrogens (tertiary/aromatic N) is 4. The molecule has 0 amide bonds. The van der Waals surface area contributed by atoms with Crippen molar-refractivity contribution >= 4 is 0 Å². The second kappa shape index (κ2) is 8.51. The molecular weight excluding hydrogens is 383 g/mol. The van der Waals surface area contributed by atoms with E-state index >= 15 is 0 Å². The molecule has 2 heterocycles. The summed E-state index contributed by atoms with van der Waals surface area (Å²) in [5, 5.41) is 8.76. The Morgan fingerprint density at radius 1 is 1.13 bits per heavy atom. The molecule has 0 radical (unpaired) electrons. The zero-order chi connectivity index (χ0) is 21.1. The number of halogens is 1. The van der Waals surface area contributed by atoms with E-state index < -0.39 is 0 Å². The SMILES string of the molecule is COc1ccc(-c2nn(-c3ccccc3F)cc2CN(C)[C@@H](C)c2ccon2)cc1. The van der Waals surface area contributed by atoms with Crippen molar-refractivity contribution in [3.63, 3.8) is 0 Å². The van der Waals surface area contributed by atoms with E-state index in [1.807, 2.05) is 43.6 Å². The van der Waals surface area contributed by atoms with Gasteiger partial charge in [-0.1, -0.05) is 17.3 Å². The summed E-state index contributed by atoms with van der Waals surface area (Å²) < 4.78 is 26.2. The van der Waals surface area contributed by atoms with Crippen LogP contribution in [0.5, 0.6) is 5.75 Å². The van der Waals surface area contributed by atoms with E-state index in [4.69, 9.17) is 14.4 Å². The number of hydrogen-bond acceptors (Lipinski definition) is 5. The van der Waals surface area contributed by atoms with Crippen LogP contribution in [0, 0.1) is 5.82 Å². The molecular formula is C23H23FN4O2. The van der Waals surface area contributed by atoms with Crippen LogP contribution in [-0.4, -0.2) is 34.0 Å². The first-order valence-electron chi connectivity index (χ1n) is 9.65. The van der Waals surface area contributed by atoms with Crippen LogP contribution >= 0.6 is 0 Å². The highest BCUT2D eigenvalue weighted by Gasteiger charge is 2.20. The Labute approximate surface area is 174 Å². The standard InChI is InChI=1S/C23H23FN4O2/c1-16(21-12-13-30-26-21)27(2)14-18-15-28(22-7-5-4-6-20(22)24)25-23(18)17-8-10-19(29-3)11-9-17/h4-13,15-16H,14H2,1-3H3/t16-/m0/s1. The van der Waals surface area contributed by atoms with Crippen LogP contribution in [0.4, 0.5) is 4.39 Å². The average molecular weight is 406 g/mol. The van der Waals surface area contributed by atoms with Crippen molar-refractivity contribution in [2.45, 2.75) is 19.5 Å². The lowest BCUT2D eigenvalue weighted by atomic mass is 10.1. The summed E-state index contributed by atoms with van der Waals surface area (Å²) in [6.45, 7) is 2.66. The van der Waals surface area contributed by atoms with Gasteiger partial charge in [0, 0.05) is 29.9 Å². The van der Waals surface area contributed by atoms with Crippen molar-refractivity contribution in [1.82, 2.24) is 19.8 Å². The first-order valence-corrected chi connectivity index (χ1v) is 9.65. The van der Waals surface area contributed by atoms with Gasteiger partial charge in [-0.2, -0.15) is 5.10 Å². The highest BCUT2D eigenvalue weighted by Crippen LogP contribution is 2.29. The van der Waals surface area contributed by atoms with Gasteiger partial charge in [-0.3, -0.25) is 4.90 Å². The van der Waals surface area contributed by atoms with Crippen molar-refractivity contribution in [2.75, 3.05) is 14.2 Å². The largest absolute Gasteiger partial charge is 0.497 e. The van der Waals surface area contributed by atoms with E-state index in [9.17, 15) is 4.39 Å². The topological polar surface area (TPSA) is 56.3 Å². The number of ether oxygens (including phenoxy) is 1. The normalized spacial score (nSPS) is 12.3. The number of methoxy groups -OCH3 is 1. The molecule has 0 saturated heterocycles. The van der Waals surface area contributed by atoms with Gasteiger partial charge < -0.3 is 9.26 Å². The molecule has 154 valence electrons. The predicted octanol–water partition coefficient (Wildman–Crippen LogP) is 4.87. The fourth-order valence-electron chi connectivity index (χ4n) is 3.35. The zero-order valence-corrected chi connectivity index (χ0v) is 17.1. The summed E-state index contributed by atoms with van der Waals surface area (Å²) in [6, 6.07) is 16.2. The van der Waals surface area contributed by atoms with Gasteiger partial charge in [-0.05, 0) is 50.4 Å². The minimum atomic E-state index is -0.322. The fourth-order valence-corrected chi connectivity index (χ4v) is 3.35. The fraction of sp³-hybridized carbons (Fsp3) is 0.217. The number of hydrogen-bond donors (Lipinski definition) is 0. The first-order chi connectivity index (χ1) is 14.6. The highest BCUT2D eigenvalue weighted by atomic mass is 19.1. The van der Waals surface area contributed by atoms with Crippen LogP contribution in [0.1, 0.15) is 24.2 Å². The van der Waals surface area contributed by atoms with Gasteiger partial charge in [-0.15, -0.1) is 0 Å². The molecule has 4 rings (SSSR count). The maximum atomic E-state index is 14.4. The molecule has 0 saturated carbocycles. The number of aromatic nitrogens is 3. The van der Waals surface area contributed by atoms with Crippen molar-refractivity contribution in [3.8, 4) is 22.7 Å². The third-order valence-corrected chi connectivity index (χ3v) is 5.22. The highest BCUT2D eigenvalue weighted by molar-refractivity contribution is 5.64. The van der Waals surface area contributed by atoms with E-state index in [-0.39, 0.29) is 11.9 Å². The first kappa shape index (κ1) is 19.8. The van der Waals surface area contributed by atoms with Crippen LogP contribution < -0.4 is 4.74 Å². The molecule has 0 N–H and O–H groups in total. The van der Waals surface area contributed by atoms with Crippen molar-refractivity contribution in [2.24, 2.45) is 0 Å². The second-order valence-electron chi connectivity index (χ2n) is 7.14. The molecule has 4 aromatic rings. The van der Waals surface area contributed by atoms with Gasteiger partial charge in [0.25, 0.3) is 0 Å². The Morgan fingerprint density at radius 3 is 2.57 bits per heavy atom. The lowest BCUT2D eigenvalue weighted by Crippen LogP contribution is -2.22. The third-order valence-electron chi connectivity index (χ3n) is 5.22. The molecule has 2 aromatic heterocycles. The lowest BCUT2D eigenvalue weighted by Gasteiger charge is -2.22. The van der Waals surface area contributed by atoms with Crippen molar-refractivity contribution in [3.05, 3.63) is 84.1 Å². The predicted molar refractivity (Wildman–Crippen MR) is 112 cm³/mol. The zero-order valence-electron chi connectivity index (χ0n) is 17.1. The smallest absolute Gasteiger partial charge is 0.148 e. The number of para-hydroxylation sites is 1. The minimum absolute atomic E-state index is 0.0456. The monoisotopic (exact) mass is 406 g/mol. The van der Waals surface area contributed by atoms with E-state index in [1.165, 1.54) is 6.07 Å². The van der Waals surface area contributed by atoms with E-state index in [0.29, 0.717) is 12.2 Å². The van der Waals surface area contributed by atoms with Crippen LogP contribution in [0.3, 0.4) is 0 Å². The quantitative estimate of drug-likeness (QED) is 0.438. The van der Waals surface area contributed by atoms with Gasteiger partial charge in [0.15, 0.2) is 0 Å². The molecule has 0 bridgehead atoms. The molecule has 30 heavy (non-hydrogen) atoms. The van der Waals surface area contributed by atoms with Crippen LogP contribution in [0.25, 0.3) is 16.9 Å². The Hall–Kier alpha value is -3.45. The Bertz CT molecular complexity index is 1110. The molecule has 7 heteroatoms. The molecule has 2 aromatic carbocycles. The Balaban J connectivity index is 1.72. The maximum Gasteiger partial charge on any atom is 0.148 e. The van der Waals surface area contributed by atoms with Crippen molar-refractivity contribution in [1.29, 1.82) is 0 Å². The number of rotatable bonds is 7. The Kier molecular flexibility index (Phi) is 5.63. The molecule has 1 atom stereocenters. The summed E-state index contributed by atoms with van der Waals surface area (Å²) in [5.74, 6) is 0.447. The van der Waals surface area contributed by atoms with Crippen LogP contribution in [0.15, 0.2) is 71.6 Å². The van der Waals surface area contributed by atoms with Gasteiger partial charge in [0.05, 0.1) is 18.8 Å². The third kappa shape index (κ3) is 3.97. The maximum absolute atomic E-state index is 14.4. The van der Waals surface area contributed by atoms with E-state index in [2.05, 4.69) is 17.0 Å². The number of benzene rings is 2. The molecule has 0 unspecified atom stereocenters. The van der Waals surface area contributed by atoms with E-state index in [0.717, 1.165) is 28.3 Å². The van der Waals surface area contributed by atoms with Crippen LogP contribution in [0.2, 0.25) is 0 Å². The van der Waals surface area contributed by atoms with Gasteiger partial charge in [-0.25, -0.2) is 9.07 Å². The Morgan fingerprint density at radius 2 is 1.90 bits per heavy atom. The molecule has 0 aliphatic rings. The average Bonchev–Trinajstić information content (AvgIpc) is 3.44.